The van der Waals surface area contributed by atoms with Gasteiger partial charge in [0.25, 0.3) is 5.91 Å². The minimum atomic E-state index is -0.559. The third-order valence-corrected chi connectivity index (χ3v) is 3.80. The summed E-state index contributed by atoms with van der Waals surface area (Å²) in [6.07, 6.45) is -0.559. The minimum absolute atomic E-state index is 0.171. The van der Waals surface area contributed by atoms with Crippen LogP contribution in [0.15, 0.2) is 46.9 Å². The lowest BCUT2D eigenvalue weighted by Gasteiger charge is -2.15. The van der Waals surface area contributed by atoms with Crippen LogP contribution in [-0.2, 0) is 4.79 Å². The standard InChI is InChI=1S/C17H18BrNO2/c1-11-4-9-16(10-12(11)2)21-13(3)17(20)19-15-7-5-14(18)6-8-15/h4-10,13H,1-3H3,(H,19,20)/t13-/m1/s1. The van der Waals surface area contributed by atoms with E-state index in [1.165, 1.54) is 5.56 Å². The zero-order valence-corrected chi connectivity index (χ0v) is 13.9. The maximum Gasteiger partial charge on any atom is 0.265 e. The van der Waals surface area contributed by atoms with Gasteiger partial charge in [0.05, 0.1) is 0 Å². The summed E-state index contributed by atoms with van der Waals surface area (Å²) >= 11 is 3.36. The van der Waals surface area contributed by atoms with Gasteiger partial charge in [0.1, 0.15) is 5.75 Å². The van der Waals surface area contributed by atoms with Crippen LogP contribution in [0.4, 0.5) is 5.69 Å². The molecular weight excluding hydrogens is 330 g/mol. The third kappa shape index (κ3) is 4.33. The van der Waals surface area contributed by atoms with E-state index in [4.69, 9.17) is 4.74 Å². The SMILES string of the molecule is Cc1ccc(O[C@H](C)C(=O)Nc2ccc(Br)cc2)cc1C. The van der Waals surface area contributed by atoms with E-state index >= 15 is 0 Å². The Labute approximate surface area is 133 Å². The predicted octanol–water partition coefficient (Wildman–Crippen LogP) is 4.47. The lowest BCUT2D eigenvalue weighted by molar-refractivity contribution is -0.122. The van der Waals surface area contributed by atoms with E-state index in [0.717, 1.165) is 15.7 Å². The molecule has 3 nitrogen and oxygen atoms in total. The smallest absolute Gasteiger partial charge is 0.265 e. The molecule has 2 aromatic carbocycles. The number of ether oxygens (including phenoxy) is 1. The van der Waals surface area contributed by atoms with Crippen LogP contribution >= 0.6 is 15.9 Å². The van der Waals surface area contributed by atoms with Crippen molar-refractivity contribution in [3.63, 3.8) is 0 Å². The van der Waals surface area contributed by atoms with Gasteiger partial charge < -0.3 is 10.1 Å². The van der Waals surface area contributed by atoms with Crippen molar-refractivity contribution in [2.24, 2.45) is 0 Å². The van der Waals surface area contributed by atoms with Gasteiger partial charge >= 0.3 is 0 Å². The topological polar surface area (TPSA) is 38.3 Å². The van der Waals surface area contributed by atoms with E-state index < -0.39 is 6.10 Å². The fourth-order valence-corrected chi connectivity index (χ4v) is 2.09. The number of carbonyl (C=O) groups is 1. The number of hydrogen-bond donors (Lipinski definition) is 1. The molecule has 0 aliphatic rings. The summed E-state index contributed by atoms with van der Waals surface area (Å²) in [5, 5.41) is 2.83. The Kier molecular flexibility index (Phi) is 5.02. The summed E-state index contributed by atoms with van der Waals surface area (Å²) in [4.78, 5) is 12.1. The maximum atomic E-state index is 12.1. The van der Waals surface area contributed by atoms with Crippen molar-refractivity contribution in [3.8, 4) is 5.75 Å². The normalized spacial score (nSPS) is 11.8. The highest BCUT2D eigenvalue weighted by atomic mass is 79.9. The fraction of sp³-hybridized carbons (Fsp3) is 0.235. The average Bonchev–Trinajstić information content (AvgIpc) is 2.45. The van der Waals surface area contributed by atoms with E-state index in [1.54, 1.807) is 6.92 Å². The monoisotopic (exact) mass is 347 g/mol. The molecule has 21 heavy (non-hydrogen) atoms. The van der Waals surface area contributed by atoms with E-state index in [0.29, 0.717) is 5.75 Å². The Morgan fingerprint density at radius 1 is 1.10 bits per heavy atom. The molecule has 0 unspecified atom stereocenters. The van der Waals surface area contributed by atoms with E-state index in [9.17, 15) is 4.79 Å². The fourth-order valence-electron chi connectivity index (χ4n) is 1.82. The van der Waals surface area contributed by atoms with Crippen molar-refractivity contribution in [3.05, 3.63) is 58.1 Å². The second-order valence-corrected chi connectivity index (χ2v) is 5.92. The number of halogens is 1. The molecule has 0 heterocycles. The maximum absolute atomic E-state index is 12.1. The Bertz CT molecular complexity index is 638. The number of rotatable bonds is 4. The lowest BCUT2D eigenvalue weighted by atomic mass is 10.1. The highest BCUT2D eigenvalue weighted by Crippen LogP contribution is 2.19. The Morgan fingerprint density at radius 2 is 1.76 bits per heavy atom. The summed E-state index contributed by atoms with van der Waals surface area (Å²) in [7, 11) is 0. The predicted molar refractivity (Wildman–Crippen MR) is 88.8 cm³/mol. The first-order valence-corrected chi connectivity index (χ1v) is 7.55. The molecule has 0 aliphatic heterocycles. The number of aryl methyl sites for hydroxylation is 2. The van der Waals surface area contributed by atoms with E-state index in [1.807, 2.05) is 56.3 Å². The van der Waals surface area contributed by atoms with Gasteiger partial charge in [0.15, 0.2) is 6.10 Å². The van der Waals surface area contributed by atoms with Gasteiger partial charge in [-0.15, -0.1) is 0 Å². The molecule has 0 aromatic heterocycles. The van der Waals surface area contributed by atoms with Crippen molar-refractivity contribution in [1.82, 2.24) is 0 Å². The first kappa shape index (κ1) is 15.6. The van der Waals surface area contributed by atoms with Gasteiger partial charge in [-0.25, -0.2) is 0 Å². The number of benzene rings is 2. The van der Waals surface area contributed by atoms with Crippen LogP contribution in [0.1, 0.15) is 18.1 Å². The number of carbonyl (C=O) groups excluding carboxylic acids is 1. The molecule has 4 heteroatoms. The third-order valence-electron chi connectivity index (χ3n) is 3.27. The Hall–Kier alpha value is -1.81. The van der Waals surface area contributed by atoms with Crippen LogP contribution in [0.25, 0.3) is 0 Å². The molecule has 2 rings (SSSR count). The van der Waals surface area contributed by atoms with Crippen molar-refractivity contribution < 1.29 is 9.53 Å². The molecule has 0 aliphatic carbocycles. The highest BCUT2D eigenvalue weighted by Gasteiger charge is 2.15. The van der Waals surface area contributed by atoms with Crippen LogP contribution in [0, 0.1) is 13.8 Å². The molecular formula is C17H18BrNO2. The van der Waals surface area contributed by atoms with Crippen LogP contribution in [-0.4, -0.2) is 12.0 Å². The molecule has 0 bridgehead atoms. The summed E-state index contributed by atoms with van der Waals surface area (Å²) < 4.78 is 6.66. The van der Waals surface area contributed by atoms with Crippen LogP contribution in [0.3, 0.4) is 0 Å². The van der Waals surface area contributed by atoms with Gasteiger partial charge in [-0.3, -0.25) is 4.79 Å². The van der Waals surface area contributed by atoms with Gasteiger partial charge in [0, 0.05) is 10.2 Å². The van der Waals surface area contributed by atoms with Crippen LogP contribution in [0.2, 0.25) is 0 Å². The molecule has 1 N–H and O–H groups in total. The lowest BCUT2D eigenvalue weighted by Crippen LogP contribution is -2.30. The molecule has 1 amide bonds. The minimum Gasteiger partial charge on any atom is -0.481 e. The zero-order valence-electron chi connectivity index (χ0n) is 12.3. The number of anilines is 1. The van der Waals surface area contributed by atoms with Crippen LogP contribution < -0.4 is 10.1 Å². The quantitative estimate of drug-likeness (QED) is 0.885. The molecule has 1 atom stereocenters. The molecule has 110 valence electrons. The molecule has 0 saturated carbocycles. The molecule has 2 aromatic rings. The van der Waals surface area contributed by atoms with Gasteiger partial charge in [0.2, 0.25) is 0 Å². The number of nitrogens with one attached hydrogen (secondary N) is 1. The Balaban J connectivity index is 1.98. The second kappa shape index (κ2) is 6.76. The zero-order chi connectivity index (χ0) is 15.4. The van der Waals surface area contributed by atoms with Crippen molar-refractivity contribution >= 4 is 27.5 Å². The van der Waals surface area contributed by atoms with Gasteiger partial charge in [-0.2, -0.15) is 0 Å². The van der Waals surface area contributed by atoms with E-state index in [2.05, 4.69) is 21.2 Å². The van der Waals surface area contributed by atoms with Crippen molar-refractivity contribution in [1.29, 1.82) is 0 Å². The average molecular weight is 348 g/mol. The summed E-state index contributed by atoms with van der Waals surface area (Å²) in [6, 6.07) is 13.2. The van der Waals surface area contributed by atoms with Gasteiger partial charge in [-0.05, 0) is 68.3 Å². The van der Waals surface area contributed by atoms with Gasteiger partial charge in [-0.1, -0.05) is 22.0 Å². The highest BCUT2D eigenvalue weighted by molar-refractivity contribution is 9.10. The molecule has 0 saturated heterocycles. The van der Waals surface area contributed by atoms with Crippen LogP contribution in [0.5, 0.6) is 5.75 Å². The largest absolute Gasteiger partial charge is 0.481 e. The first-order chi connectivity index (χ1) is 9.95. The van der Waals surface area contributed by atoms with Crippen molar-refractivity contribution in [2.75, 3.05) is 5.32 Å². The summed E-state index contributed by atoms with van der Waals surface area (Å²) in [5.74, 6) is 0.534. The second-order valence-electron chi connectivity index (χ2n) is 5.00. The molecule has 0 spiro atoms. The van der Waals surface area contributed by atoms with Crippen molar-refractivity contribution in [2.45, 2.75) is 26.9 Å². The number of amides is 1. The summed E-state index contributed by atoms with van der Waals surface area (Å²) in [6.45, 7) is 5.81. The molecule has 0 radical (unpaired) electrons. The molecule has 0 fully saturated rings. The Morgan fingerprint density at radius 3 is 2.38 bits per heavy atom. The first-order valence-electron chi connectivity index (χ1n) is 6.76. The van der Waals surface area contributed by atoms with E-state index in [-0.39, 0.29) is 5.91 Å². The summed E-state index contributed by atoms with van der Waals surface area (Å²) in [5.41, 5.74) is 3.10. The number of hydrogen-bond acceptors (Lipinski definition) is 2.